The van der Waals surface area contributed by atoms with Crippen molar-refractivity contribution >= 4 is 5.96 Å². The first-order chi connectivity index (χ1) is 8.64. The second-order valence-electron chi connectivity index (χ2n) is 5.37. The van der Waals surface area contributed by atoms with Gasteiger partial charge in [-0.2, -0.15) is 5.26 Å². The zero-order valence-corrected chi connectivity index (χ0v) is 10.6. The SMILES string of the molecule is C[C@@H]1[C@H]2N=C(NC#N)N[C@]1(C)Cc1ccccc12. The zero-order valence-electron chi connectivity index (χ0n) is 10.6. The molecule has 1 heterocycles. The Morgan fingerprint density at radius 2 is 2.28 bits per heavy atom. The molecule has 92 valence electrons. The molecule has 4 heteroatoms. The third-order valence-corrected chi connectivity index (χ3v) is 4.26. The average molecular weight is 240 g/mol. The van der Waals surface area contributed by atoms with Crippen molar-refractivity contribution < 1.29 is 0 Å². The molecule has 0 fully saturated rings. The molecule has 0 radical (unpaired) electrons. The Labute approximate surface area is 107 Å². The lowest BCUT2D eigenvalue weighted by Crippen LogP contribution is -2.61. The van der Waals surface area contributed by atoms with Crippen molar-refractivity contribution in [2.75, 3.05) is 0 Å². The van der Waals surface area contributed by atoms with Gasteiger partial charge < -0.3 is 5.32 Å². The molecule has 0 saturated carbocycles. The molecule has 4 nitrogen and oxygen atoms in total. The molecule has 1 aromatic carbocycles. The predicted octanol–water partition coefficient (Wildman–Crippen LogP) is 1.71. The number of rotatable bonds is 0. The Morgan fingerprint density at radius 3 is 3.06 bits per heavy atom. The third kappa shape index (κ3) is 1.47. The number of hydrogen-bond donors (Lipinski definition) is 2. The number of nitriles is 1. The Morgan fingerprint density at radius 1 is 1.50 bits per heavy atom. The van der Waals surface area contributed by atoms with Gasteiger partial charge in [0.25, 0.3) is 0 Å². The van der Waals surface area contributed by atoms with Crippen LogP contribution in [0.25, 0.3) is 0 Å². The molecule has 2 N–H and O–H groups in total. The molecule has 0 aromatic heterocycles. The number of nitrogens with zero attached hydrogens (tertiary/aromatic N) is 2. The van der Waals surface area contributed by atoms with Crippen LogP contribution in [0.5, 0.6) is 0 Å². The van der Waals surface area contributed by atoms with Crippen LogP contribution < -0.4 is 10.6 Å². The molecule has 18 heavy (non-hydrogen) atoms. The molecular formula is C14H16N4. The van der Waals surface area contributed by atoms with E-state index in [9.17, 15) is 0 Å². The first kappa shape index (κ1) is 11.1. The van der Waals surface area contributed by atoms with Crippen LogP contribution in [0.15, 0.2) is 29.3 Å². The van der Waals surface area contributed by atoms with Crippen molar-refractivity contribution in [1.82, 2.24) is 10.6 Å². The molecule has 1 aliphatic carbocycles. The lowest BCUT2D eigenvalue weighted by Gasteiger charge is -2.48. The average Bonchev–Trinajstić information content (AvgIpc) is 2.33. The predicted molar refractivity (Wildman–Crippen MR) is 69.8 cm³/mol. The summed E-state index contributed by atoms with van der Waals surface area (Å²) in [5.74, 6) is 1.01. The molecule has 0 amide bonds. The van der Waals surface area contributed by atoms with Crippen molar-refractivity contribution in [2.24, 2.45) is 10.9 Å². The summed E-state index contributed by atoms with van der Waals surface area (Å²) in [6.45, 7) is 4.43. The van der Waals surface area contributed by atoms with Crippen molar-refractivity contribution in [1.29, 1.82) is 5.26 Å². The van der Waals surface area contributed by atoms with E-state index >= 15 is 0 Å². The second-order valence-corrected chi connectivity index (χ2v) is 5.37. The van der Waals surface area contributed by atoms with Crippen LogP contribution in [0.4, 0.5) is 0 Å². The van der Waals surface area contributed by atoms with Crippen molar-refractivity contribution in [2.45, 2.75) is 31.8 Å². The van der Waals surface area contributed by atoms with Gasteiger partial charge in [0.2, 0.25) is 5.96 Å². The molecule has 0 spiro atoms. The highest BCUT2D eigenvalue weighted by Crippen LogP contribution is 2.44. The fourth-order valence-corrected chi connectivity index (χ4v) is 3.06. The largest absolute Gasteiger partial charge is 0.350 e. The zero-order chi connectivity index (χ0) is 12.8. The number of hydrogen-bond acceptors (Lipinski definition) is 4. The summed E-state index contributed by atoms with van der Waals surface area (Å²) in [6.07, 6.45) is 2.90. The number of nitrogens with one attached hydrogen (secondary N) is 2. The normalized spacial score (nSPS) is 32.6. The van der Waals surface area contributed by atoms with Crippen molar-refractivity contribution in [3.63, 3.8) is 0 Å². The Balaban J connectivity index is 2.12. The highest BCUT2D eigenvalue weighted by atomic mass is 15.2. The molecule has 3 atom stereocenters. The standard InChI is InChI=1S/C14H16N4/c1-9-12-11-6-4-3-5-10(11)7-14(9,2)18-13(17-12)16-8-15/h3-6,9,12H,7H2,1-2H3,(H2,16,17,18)/t9-,12-,14-/m1/s1. The molecule has 2 aliphatic rings. The monoisotopic (exact) mass is 240 g/mol. The van der Waals surface area contributed by atoms with Gasteiger partial charge in [-0.25, -0.2) is 4.99 Å². The highest BCUT2D eigenvalue weighted by Gasteiger charge is 2.45. The molecule has 1 aromatic rings. The first-order valence-electron chi connectivity index (χ1n) is 6.23. The number of aliphatic imine (C=N–C) groups is 1. The third-order valence-electron chi connectivity index (χ3n) is 4.26. The van der Waals surface area contributed by atoms with Crippen LogP contribution in [-0.2, 0) is 6.42 Å². The van der Waals surface area contributed by atoms with Gasteiger partial charge in [0.1, 0.15) is 0 Å². The molecule has 0 saturated heterocycles. The van der Waals surface area contributed by atoms with Crippen molar-refractivity contribution in [3.8, 4) is 6.19 Å². The molecule has 2 bridgehead atoms. The summed E-state index contributed by atoms with van der Waals surface area (Å²) < 4.78 is 0. The molecule has 0 unspecified atom stereocenters. The van der Waals surface area contributed by atoms with Gasteiger partial charge in [0.05, 0.1) is 6.04 Å². The van der Waals surface area contributed by atoms with Crippen LogP contribution in [0, 0.1) is 17.4 Å². The minimum Gasteiger partial charge on any atom is -0.350 e. The lowest BCUT2D eigenvalue weighted by atomic mass is 9.68. The van der Waals surface area contributed by atoms with Crippen LogP contribution in [0.1, 0.15) is 31.0 Å². The first-order valence-corrected chi connectivity index (χ1v) is 6.23. The van der Waals surface area contributed by atoms with Crippen LogP contribution in [0.3, 0.4) is 0 Å². The van der Waals surface area contributed by atoms with Gasteiger partial charge in [-0.05, 0) is 24.5 Å². The van der Waals surface area contributed by atoms with Gasteiger partial charge in [0.15, 0.2) is 6.19 Å². The second kappa shape index (κ2) is 3.74. The van der Waals surface area contributed by atoms with E-state index in [1.54, 1.807) is 0 Å². The van der Waals surface area contributed by atoms with Gasteiger partial charge in [0, 0.05) is 11.5 Å². The van der Waals surface area contributed by atoms with E-state index in [-0.39, 0.29) is 11.6 Å². The summed E-state index contributed by atoms with van der Waals surface area (Å²) in [7, 11) is 0. The minimum absolute atomic E-state index is 0.0417. The smallest absolute Gasteiger partial charge is 0.205 e. The van der Waals surface area contributed by atoms with E-state index in [2.05, 4.69) is 53.7 Å². The Bertz CT molecular complexity index is 557. The molecule has 1 aliphatic heterocycles. The van der Waals surface area contributed by atoms with Crippen LogP contribution >= 0.6 is 0 Å². The number of guanidine groups is 1. The van der Waals surface area contributed by atoms with E-state index in [1.165, 1.54) is 11.1 Å². The van der Waals surface area contributed by atoms with E-state index in [0.29, 0.717) is 11.9 Å². The van der Waals surface area contributed by atoms with Gasteiger partial charge >= 0.3 is 0 Å². The fraction of sp³-hybridized carbons (Fsp3) is 0.429. The van der Waals surface area contributed by atoms with Gasteiger partial charge in [-0.1, -0.05) is 31.2 Å². The minimum atomic E-state index is -0.0417. The van der Waals surface area contributed by atoms with E-state index < -0.39 is 0 Å². The Hall–Kier alpha value is -2.02. The topological polar surface area (TPSA) is 60.2 Å². The van der Waals surface area contributed by atoms with E-state index in [1.807, 2.05) is 6.19 Å². The summed E-state index contributed by atoms with van der Waals surface area (Å²) in [5, 5.41) is 14.7. The van der Waals surface area contributed by atoms with E-state index in [4.69, 9.17) is 5.26 Å². The van der Waals surface area contributed by atoms with Crippen molar-refractivity contribution in [3.05, 3.63) is 35.4 Å². The van der Waals surface area contributed by atoms with Gasteiger partial charge in [-0.3, -0.25) is 5.32 Å². The maximum Gasteiger partial charge on any atom is 0.205 e. The summed E-state index contributed by atoms with van der Waals surface area (Å²) in [5.41, 5.74) is 2.61. The maximum absolute atomic E-state index is 8.74. The van der Waals surface area contributed by atoms with Gasteiger partial charge in [-0.15, -0.1) is 0 Å². The van der Waals surface area contributed by atoms with Crippen LogP contribution in [-0.4, -0.2) is 11.5 Å². The van der Waals surface area contributed by atoms with E-state index in [0.717, 1.165) is 6.42 Å². The van der Waals surface area contributed by atoms with Crippen LogP contribution in [0.2, 0.25) is 0 Å². The Kier molecular flexibility index (Phi) is 2.30. The highest BCUT2D eigenvalue weighted by molar-refractivity contribution is 5.83. The molecular weight excluding hydrogens is 224 g/mol. The maximum atomic E-state index is 8.74. The lowest BCUT2D eigenvalue weighted by molar-refractivity contribution is 0.207. The quantitative estimate of drug-likeness (QED) is 0.536. The summed E-state index contributed by atoms with van der Waals surface area (Å²) in [6, 6.07) is 8.59. The summed E-state index contributed by atoms with van der Waals surface area (Å²) in [4.78, 5) is 4.63. The molecule has 3 rings (SSSR count). The number of benzene rings is 1. The fourth-order valence-electron chi connectivity index (χ4n) is 3.06. The number of fused-ring (bicyclic) bond motifs is 4. The summed E-state index contributed by atoms with van der Waals surface area (Å²) >= 11 is 0.